The standard InChI is InChI=1S/C8H14N2/c1-7(2)10-5-8(6-10)4-9-3/h7-8H,4-6H2,1-2H3. The number of hydrogen-bond acceptors (Lipinski definition) is 1. The molecular formula is C8H14N2. The minimum atomic E-state index is 0.667. The van der Waals surface area contributed by atoms with Crippen molar-refractivity contribution in [2.45, 2.75) is 19.9 Å². The summed E-state index contributed by atoms with van der Waals surface area (Å²) in [4.78, 5) is 5.77. The molecule has 0 aromatic rings. The molecular weight excluding hydrogens is 124 g/mol. The Labute approximate surface area is 62.7 Å². The lowest BCUT2D eigenvalue weighted by molar-refractivity contribution is 0.0770. The van der Waals surface area contributed by atoms with Crippen LogP contribution >= 0.6 is 0 Å². The molecule has 0 amide bonds. The van der Waals surface area contributed by atoms with Gasteiger partial charge in [-0.25, -0.2) is 6.57 Å². The van der Waals surface area contributed by atoms with Crippen LogP contribution in [0.2, 0.25) is 0 Å². The number of rotatable bonds is 2. The molecule has 0 radical (unpaired) electrons. The zero-order chi connectivity index (χ0) is 7.56. The first-order valence-corrected chi connectivity index (χ1v) is 3.81. The maximum absolute atomic E-state index is 6.65. The van der Waals surface area contributed by atoms with Crippen molar-refractivity contribution in [1.29, 1.82) is 0 Å². The van der Waals surface area contributed by atoms with Crippen LogP contribution in [0, 0.1) is 12.5 Å². The molecule has 0 spiro atoms. The second kappa shape index (κ2) is 3.03. The molecule has 0 aliphatic carbocycles. The van der Waals surface area contributed by atoms with Crippen LogP contribution in [0.5, 0.6) is 0 Å². The molecule has 2 nitrogen and oxygen atoms in total. The van der Waals surface area contributed by atoms with E-state index in [-0.39, 0.29) is 0 Å². The Bertz CT molecular complexity index is 140. The zero-order valence-corrected chi connectivity index (χ0v) is 6.67. The van der Waals surface area contributed by atoms with Gasteiger partial charge >= 0.3 is 0 Å². The fourth-order valence-electron chi connectivity index (χ4n) is 1.28. The van der Waals surface area contributed by atoms with Crippen molar-refractivity contribution in [1.82, 2.24) is 4.90 Å². The van der Waals surface area contributed by atoms with Gasteiger partial charge in [0, 0.05) is 19.1 Å². The minimum absolute atomic E-state index is 0.667. The molecule has 0 aromatic heterocycles. The molecule has 1 aliphatic heterocycles. The highest BCUT2D eigenvalue weighted by molar-refractivity contribution is 4.86. The summed E-state index contributed by atoms with van der Waals surface area (Å²) < 4.78 is 0. The molecule has 2 heteroatoms. The molecule has 56 valence electrons. The van der Waals surface area contributed by atoms with Crippen LogP contribution in [0.1, 0.15) is 13.8 Å². The number of nitrogens with zero attached hydrogens (tertiary/aromatic N) is 2. The molecule has 0 saturated carbocycles. The van der Waals surface area contributed by atoms with Crippen molar-refractivity contribution in [2.24, 2.45) is 5.92 Å². The SMILES string of the molecule is [C-]#[N+]CC1CN(C(C)C)C1. The van der Waals surface area contributed by atoms with Gasteiger partial charge in [0.05, 0.1) is 5.92 Å². The van der Waals surface area contributed by atoms with Gasteiger partial charge in [-0.3, -0.25) is 4.90 Å². The van der Waals surface area contributed by atoms with E-state index in [0.717, 1.165) is 19.6 Å². The van der Waals surface area contributed by atoms with E-state index in [9.17, 15) is 0 Å². The summed E-state index contributed by atoms with van der Waals surface area (Å²) in [6, 6.07) is 0.669. The Morgan fingerprint density at radius 2 is 2.20 bits per heavy atom. The van der Waals surface area contributed by atoms with Gasteiger partial charge in [0.25, 0.3) is 0 Å². The number of likely N-dealkylation sites (tertiary alicyclic amines) is 1. The first-order chi connectivity index (χ1) is 4.74. The average Bonchev–Trinajstić information content (AvgIpc) is 1.76. The topological polar surface area (TPSA) is 7.60 Å². The summed E-state index contributed by atoms with van der Waals surface area (Å²) in [5, 5.41) is 0. The van der Waals surface area contributed by atoms with Crippen LogP contribution in [0.3, 0.4) is 0 Å². The average molecular weight is 138 g/mol. The van der Waals surface area contributed by atoms with Crippen LogP contribution in [-0.2, 0) is 0 Å². The summed E-state index contributed by atoms with van der Waals surface area (Å²) in [5.41, 5.74) is 0. The van der Waals surface area contributed by atoms with Gasteiger partial charge in [0.1, 0.15) is 0 Å². The maximum Gasteiger partial charge on any atom is 0.219 e. The van der Waals surface area contributed by atoms with Gasteiger partial charge < -0.3 is 4.85 Å². The predicted octanol–water partition coefficient (Wildman–Crippen LogP) is 1.25. The zero-order valence-electron chi connectivity index (χ0n) is 6.67. The van der Waals surface area contributed by atoms with Crippen LogP contribution < -0.4 is 0 Å². The van der Waals surface area contributed by atoms with Gasteiger partial charge in [0.2, 0.25) is 6.54 Å². The van der Waals surface area contributed by atoms with Gasteiger partial charge in [-0.15, -0.1) is 0 Å². The van der Waals surface area contributed by atoms with Gasteiger partial charge in [-0.1, -0.05) is 0 Å². The fourth-order valence-corrected chi connectivity index (χ4v) is 1.28. The van der Waals surface area contributed by atoms with Crippen LogP contribution in [-0.4, -0.2) is 30.6 Å². The highest BCUT2D eigenvalue weighted by atomic mass is 15.2. The third kappa shape index (κ3) is 1.48. The summed E-state index contributed by atoms with van der Waals surface area (Å²) in [7, 11) is 0. The van der Waals surface area contributed by atoms with E-state index in [1.165, 1.54) is 0 Å². The Balaban J connectivity index is 2.13. The molecule has 10 heavy (non-hydrogen) atoms. The first-order valence-electron chi connectivity index (χ1n) is 3.81. The summed E-state index contributed by atoms with van der Waals surface area (Å²) in [6.07, 6.45) is 0. The monoisotopic (exact) mass is 138 g/mol. The number of hydrogen-bond donors (Lipinski definition) is 0. The lowest BCUT2D eigenvalue weighted by Crippen LogP contribution is -2.51. The summed E-state index contributed by atoms with van der Waals surface area (Å²) in [5.74, 6) is 0.667. The minimum Gasteiger partial charge on any atom is -0.317 e. The second-order valence-corrected chi connectivity index (χ2v) is 3.25. The molecule has 0 bridgehead atoms. The van der Waals surface area contributed by atoms with Gasteiger partial charge in [0.15, 0.2) is 0 Å². The lowest BCUT2D eigenvalue weighted by atomic mass is 9.99. The van der Waals surface area contributed by atoms with E-state index in [1.54, 1.807) is 0 Å². The first kappa shape index (κ1) is 7.56. The van der Waals surface area contributed by atoms with Crippen molar-refractivity contribution in [2.75, 3.05) is 19.6 Å². The smallest absolute Gasteiger partial charge is 0.219 e. The molecule has 0 N–H and O–H groups in total. The lowest BCUT2D eigenvalue weighted by Gasteiger charge is -2.39. The normalized spacial score (nSPS) is 20.6. The van der Waals surface area contributed by atoms with Gasteiger partial charge in [-0.05, 0) is 13.8 Å². The van der Waals surface area contributed by atoms with Crippen LogP contribution in [0.25, 0.3) is 4.85 Å². The summed E-state index contributed by atoms with van der Waals surface area (Å²) >= 11 is 0. The fraction of sp³-hybridized carbons (Fsp3) is 0.875. The van der Waals surface area contributed by atoms with Crippen molar-refractivity contribution < 1.29 is 0 Å². The van der Waals surface area contributed by atoms with Crippen molar-refractivity contribution in [3.63, 3.8) is 0 Å². The maximum atomic E-state index is 6.65. The molecule has 1 rings (SSSR count). The Hall–Kier alpha value is -0.550. The van der Waals surface area contributed by atoms with Crippen molar-refractivity contribution in [3.8, 4) is 0 Å². The summed E-state index contributed by atoms with van der Waals surface area (Å²) in [6.45, 7) is 14.1. The Kier molecular flexibility index (Phi) is 2.29. The van der Waals surface area contributed by atoms with E-state index in [4.69, 9.17) is 6.57 Å². The Morgan fingerprint density at radius 3 is 2.60 bits per heavy atom. The molecule has 1 fully saturated rings. The van der Waals surface area contributed by atoms with E-state index < -0.39 is 0 Å². The van der Waals surface area contributed by atoms with Crippen LogP contribution in [0.15, 0.2) is 0 Å². The molecule has 1 aliphatic rings. The predicted molar refractivity (Wildman–Crippen MR) is 41.7 cm³/mol. The molecule has 1 heterocycles. The second-order valence-electron chi connectivity index (χ2n) is 3.25. The highest BCUT2D eigenvalue weighted by Gasteiger charge is 2.29. The Morgan fingerprint density at radius 1 is 1.60 bits per heavy atom. The molecule has 0 aromatic carbocycles. The highest BCUT2D eigenvalue weighted by Crippen LogP contribution is 2.17. The van der Waals surface area contributed by atoms with E-state index in [1.807, 2.05) is 0 Å². The third-order valence-electron chi connectivity index (χ3n) is 2.07. The van der Waals surface area contributed by atoms with Gasteiger partial charge in [-0.2, -0.15) is 0 Å². The third-order valence-corrected chi connectivity index (χ3v) is 2.07. The molecule has 0 unspecified atom stereocenters. The van der Waals surface area contributed by atoms with Crippen molar-refractivity contribution in [3.05, 3.63) is 11.4 Å². The van der Waals surface area contributed by atoms with Crippen molar-refractivity contribution >= 4 is 0 Å². The molecule has 0 atom stereocenters. The largest absolute Gasteiger partial charge is 0.317 e. The van der Waals surface area contributed by atoms with E-state index >= 15 is 0 Å². The molecule has 1 saturated heterocycles. The quantitative estimate of drug-likeness (QED) is 0.521. The van der Waals surface area contributed by atoms with Crippen LogP contribution in [0.4, 0.5) is 0 Å². The van der Waals surface area contributed by atoms with E-state index in [2.05, 4.69) is 23.6 Å². The van der Waals surface area contributed by atoms with E-state index in [0.29, 0.717) is 12.0 Å².